The topological polar surface area (TPSA) is 46.6 Å². The molecule has 0 N–H and O–H groups in total. The predicted molar refractivity (Wildman–Crippen MR) is 94.3 cm³/mol. The van der Waals surface area contributed by atoms with Gasteiger partial charge in [-0.2, -0.15) is 0 Å². The van der Waals surface area contributed by atoms with Gasteiger partial charge in [0.15, 0.2) is 0 Å². The van der Waals surface area contributed by atoms with E-state index < -0.39 is 0 Å². The second-order valence-electron chi connectivity index (χ2n) is 6.70. The molecule has 1 aliphatic rings. The highest BCUT2D eigenvalue weighted by Gasteiger charge is 2.22. The van der Waals surface area contributed by atoms with Gasteiger partial charge < -0.3 is 9.64 Å². The van der Waals surface area contributed by atoms with Crippen molar-refractivity contribution in [2.75, 3.05) is 13.2 Å². The molecule has 1 aromatic carbocycles. The van der Waals surface area contributed by atoms with Gasteiger partial charge in [0.1, 0.15) is 5.82 Å². The fourth-order valence-electron chi connectivity index (χ4n) is 3.33. The van der Waals surface area contributed by atoms with E-state index in [-0.39, 0.29) is 24.1 Å². The monoisotopic (exact) mass is 349 g/mol. The van der Waals surface area contributed by atoms with E-state index in [4.69, 9.17) is 4.74 Å². The number of hydrogen-bond acceptors (Lipinski definition) is 3. The van der Waals surface area contributed by atoms with Crippen LogP contribution in [0, 0.1) is 11.7 Å². The van der Waals surface area contributed by atoms with E-state index in [0.29, 0.717) is 32.0 Å². The van der Waals surface area contributed by atoms with Gasteiger partial charge in [0.2, 0.25) is 5.91 Å². The van der Waals surface area contributed by atoms with E-state index in [2.05, 4.69) is 0 Å². The number of nitrogens with zero attached hydrogens (tertiary/aromatic N) is 1. The Morgan fingerprint density at radius 3 is 2.48 bits per heavy atom. The molecule has 1 aromatic rings. The van der Waals surface area contributed by atoms with Gasteiger partial charge >= 0.3 is 5.97 Å². The summed E-state index contributed by atoms with van der Waals surface area (Å²) in [6, 6.07) is 6.15. The maximum Gasteiger partial charge on any atom is 0.307 e. The van der Waals surface area contributed by atoms with Crippen LogP contribution in [-0.2, 0) is 20.9 Å². The lowest BCUT2D eigenvalue weighted by atomic mass is 9.86. The number of ether oxygens (including phenoxy) is 1. The summed E-state index contributed by atoms with van der Waals surface area (Å²) in [5, 5.41) is 0. The third-order valence-electron chi connectivity index (χ3n) is 4.72. The van der Waals surface area contributed by atoms with Crippen LogP contribution >= 0.6 is 0 Å². The standard InChI is InChI=1S/C20H28FNO3/c1-2-25-20(24)12-13-22(15-17-8-10-18(21)11-9-17)19(23)14-16-6-4-3-5-7-16/h8-11,16H,2-7,12-15H2,1H3. The van der Waals surface area contributed by atoms with Crippen molar-refractivity contribution >= 4 is 11.9 Å². The molecule has 1 aliphatic carbocycles. The normalized spacial score (nSPS) is 15.0. The van der Waals surface area contributed by atoms with Crippen molar-refractivity contribution in [1.29, 1.82) is 0 Å². The van der Waals surface area contributed by atoms with Crippen LogP contribution in [-0.4, -0.2) is 29.9 Å². The van der Waals surface area contributed by atoms with Gasteiger partial charge in [0, 0.05) is 19.5 Å². The summed E-state index contributed by atoms with van der Waals surface area (Å²) in [7, 11) is 0. The Morgan fingerprint density at radius 2 is 1.84 bits per heavy atom. The zero-order chi connectivity index (χ0) is 18.1. The van der Waals surface area contributed by atoms with Crippen molar-refractivity contribution in [2.45, 2.75) is 58.4 Å². The highest BCUT2D eigenvalue weighted by Crippen LogP contribution is 2.27. The van der Waals surface area contributed by atoms with Crippen LogP contribution in [0.2, 0.25) is 0 Å². The van der Waals surface area contributed by atoms with Gasteiger partial charge in [0.05, 0.1) is 13.0 Å². The molecule has 0 heterocycles. The molecule has 0 radical (unpaired) electrons. The Labute approximate surface area is 149 Å². The fraction of sp³-hybridized carbons (Fsp3) is 0.600. The third-order valence-corrected chi connectivity index (χ3v) is 4.72. The minimum Gasteiger partial charge on any atom is -0.466 e. The number of carbonyl (C=O) groups is 2. The lowest BCUT2D eigenvalue weighted by Gasteiger charge is -2.27. The number of amides is 1. The minimum atomic E-state index is -0.296. The van der Waals surface area contributed by atoms with Crippen molar-refractivity contribution in [3.8, 4) is 0 Å². The molecule has 5 heteroatoms. The van der Waals surface area contributed by atoms with Crippen molar-refractivity contribution in [3.63, 3.8) is 0 Å². The molecule has 0 atom stereocenters. The fourth-order valence-corrected chi connectivity index (χ4v) is 3.33. The summed E-state index contributed by atoms with van der Waals surface area (Å²) in [6.07, 6.45) is 6.57. The third kappa shape index (κ3) is 6.85. The molecule has 0 spiro atoms. The Hall–Kier alpha value is -1.91. The predicted octanol–water partition coefficient (Wildman–Crippen LogP) is 4.08. The van der Waals surface area contributed by atoms with Gasteiger partial charge in [-0.15, -0.1) is 0 Å². The van der Waals surface area contributed by atoms with E-state index in [1.807, 2.05) is 0 Å². The van der Waals surface area contributed by atoms with E-state index in [1.54, 1.807) is 24.0 Å². The van der Waals surface area contributed by atoms with E-state index in [1.165, 1.54) is 31.4 Å². The number of rotatable bonds is 8. The van der Waals surface area contributed by atoms with Crippen LogP contribution < -0.4 is 0 Å². The molecule has 2 rings (SSSR count). The zero-order valence-corrected chi connectivity index (χ0v) is 15.0. The quantitative estimate of drug-likeness (QED) is 0.665. The van der Waals surface area contributed by atoms with Crippen LogP contribution in [0.3, 0.4) is 0 Å². The highest BCUT2D eigenvalue weighted by atomic mass is 19.1. The first kappa shape index (κ1) is 19.4. The molecule has 25 heavy (non-hydrogen) atoms. The Kier molecular flexibility index (Phi) is 7.89. The van der Waals surface area contributed by atoms with Gasteiger partial charge in [-0.3, -0.25) is 9.59 Å². The van der Waals surface area contributed by atoms with Crippen LogP contribution in [0.15, 0.2) is 24.3 Å². The van der Waals surface area contributed by atoms with Crippen LogP contribution in [0.1, 0.15) is 57.4 Å². The van der Waals surface area contributed by atoms with Crippen molar-refractivity contribution < 1.29 is 18.7 Å². The first-order valence-corrected chi connectivity index (χ1v) is 9.26. The molecule has 1 fully saturated rings. The number of benzene rings is 1. The number of hydrogen-bond donors (Lipinski definition) is 0. The molecule has 0 aromatic heterocycles. The summed E-state index contributed by atoms with van der Waals surface area (Å²) in [5.74, 6) is -0.0764. The number of esters is 1. The van der Waals surface area contributed by atoms with Gasteiger partial charge in [-0.25, -0.2) is 4.39 Å². The minimum absolute atomic E-state index is 0.0699. The maximum absolute atomic E-state index is 13.1. The van der Waals surface area contributed by atoms with Crippen molar-refractivity contribution in [2.24, 2.45) is 5.92 Å². The molecule has 1 saturated carbocycles. The molecule has 138 valence electrons. The molecule has 0 saturated heterocycles. The Bertz CT molecular complexity index is 553. The molecule has 0 unspecified atom stereocenters. The highest BCUT2D eigenvalue weighted by molar-refractivity contribution is 5.77. The summed E-state index contributed by atoms with van der Waals surface area (Å²) < 4.78 is 18.1. The van der Waals surface area contributed by atoms with Crippen molar-refractivity contribution in [1.82, 2.24) is 4.90 Å². The molecule has 0 aliphatic heterocycles. The summed E-state index contributed by atoms with van der Waals surface area (Å²) in [5.41, 5.74) is 0.863. The van der Waals surface area contributed by atoms with Gasteiger partial charge in [0.25, 0.3) is 0 Å². The van der Waals surface area contributed by atoms with Gasteiger partial charge in [-0.1, -0.05) is 31.4 Å². The Morgan fingerprint density at radius 1 is 1.16 bits per heavy atom. The molecular formula is C20H28FNO3. The number of carbonyl (C=O) groups excluding carboxylic acids is 2. The summed E-state index contributed by atoms with van der Waals surface area (Å²) in [4.78, 5) is 26.1. The van der Waals surface area contributed by atoms with E-state index in [9.17, 15) is 14.0 Å². The zero-order valence-electron chi connectivity index (χ0n) is 15.0. The first-order valence-electron chi connectivity index (χ1n) is 9.26. The average Bonchev–Trinajstić information content (AvgIpc) is 2.61. The number of halogens is 1. The molecule has 4 nitrogen and oxygen atoms in total. The van der Waals surface area contributed by atoms with Gasteiger partial charge in [-0.05, 0) is 43.4 Å². The lowest BCUT2D eigenvalue weighted by molar-refractivity contribution is -0.144. The smallest absolute Gasteiger partial charge is 0.307 e. The molecule has 0 bridgehead atoms. The Balaban J connectivity index is 1.97. The second-order valence-corrected chi connectivity index (χ2v) is 6.70. The summed E-state index contributed by atoms with van der Waals surface area (Å²) >= 11 is 0. The molecular weight excluding hydrogens is 321 g/mol. The SMILES string of the molecule is CCOC(=O)CCN(Cc1ccc(F)cc1)C(=O)CC1CCCCC1. The maximum atomic E-state index is 13.1. The summed E-state index contributed by atoms with van der Waals surface area (Å²) in [6.45, 7) is 2.84. The van der Waals surface area contributed by atoms with Crippen LogP contribution in [0.25, 0.3) is 0 Å². The lowest BCUT2D eigenvalue weighted by Crippen LogP contribution is -2.34. The van der Waals surface area contributed by atoms with E-state index >= 15 is 0 Å². The average molecular weight is 349 g/mol. The first-order chi connectivity index (χ1) is 12.1. The van der Waals surface area contributed by atoms with Crippen LogP contribution in [0.4, 0.5) is 4.39 Å². The second kappa shape index (κ2) is 10.2. The molecule has 1 amide bonds. The largest absolute Gasteiger partial charge is 0.466 e. The van der Waals surface area contributed by atoms with Crippen LogP contribution in [0.5, 0.6) is 0 Å². The van der Waals surface area contributed by atoms with Crippen molar-refractivity contribution in [3.05, 3.63) is 35.6 Å². The van der Waals surface area contributed by atoms with E-state index in [0.717, 1.165) is 18.4 Å².